The minimum Gasteiger partial charge on any atom is -0.341 e. The summed E-state index contributed by atoms with van der Waals surface area (Å²) in [5, 5.41) is 0. The van der Waals surface area contributed by atoms with E-state index < -0.39 is 0 Å². The summed E-state index contributed by atoms with van der Waals surface area (Å²) in [6.07, 6.45) is 4.89. The average Bonchev–Trinajstić information content (AvgIpc) is 3.30. The van der Waals surface area contributed by atoms with Crippen LogP contribution in [-0.4, -0.2) is 47.3 Å². The van der Waals surface area contributed by atoms with Crippen LogP contribution in [0, 0.1) is 0 Å². The fourth-order valence-corrected chi connectivity index (χ4v) is 4.53. The molecule has 4 rings (SSSR count). The van der Waals surface area contributed by atoms with Gasteiger partial charge in [-0.05, 0) is 43.2 Å². The molecule has 2 aromatic rings. The van der Waals surface area contributed by atoms with E-state index in [0.29, 0.717) is 6.54 Å². The van der Waals surface area contributed by atoms with E-state index in [-0.39, 0.29) is 23.8 Å². The van der Waals surface area contributed by atoms with Crippen molar-refractivity contribution in [1.29, 1.82) is 0 Å². The van der Waals surface area contributed by atoms with Gasteiger partial charge in [0.1, 0.15) is 6.04 Å². The Kier molecular flexibility index (Phi) is 5.75. The standard InChI is InChI=1S/C24H28N2O2/c27-23(25-16-9-10-17-25)21-15-7-8-18-26(21)24(28)22(19-11-3-1-4-12-19)20-13-5-2-6-14-20/h1-6,11-14,21-22H,7-10,15-18H2. The number of nitrogens with zero attached hydrogens (tertiary/aromatic N) is 2. The molecule has 2 aliphatic rings. The van der Waals surface area contributed by atoms with Crippen molar-refractivity contribution >= 4 is 11.8 Å². The van der Waals surface area contributed by atoms with Gasteiger partial charge >= 0.3 is 0 Å². The lowest BCUT2D eigenvalue weighted by Crippen LogP contribution is -2.53. The van der Waals surface area contributed by atoms with Crippen LogP contribution in [0.15, 0.2) is 60.7 Å². The van der Waals surface area contributed by atoms with Crippen molar-refractivity contribution in [2.45, 2.75) is 44.1 Å². The SMILES string of the molecule is O=C(C1CCCCN1C(=O)C(c1ccccc1)c1ccccc1)N1CCCC1. The van der Waals surface area contributed by atoms with Crippen LogP contribution in [0.5, 0.6) is 0 Å². The molecular formula is C24H28N2O2. The van der Waals surface area contributed by atoms with E-state index in [1.165, 1.54) is 0 Å². The van der Waals surface area contributed by atoms with Gasteiger partial charge in [-0.1, -0.05) is 60.7 Å². The zero-order valence-electron chi connectivity index (χ0n) is 16.3. The summed E-state index contributed by atoms with van der Waals surface area (Å²) in [6, 6.07) is 19.6. The molecule has 0 aromatic heterocycles. The molecule has 0 radical (unpaired) electrons. The topological polar surface area (TPSA) is 40.6 Å². The van der Waals surface area contributed by atoms with Crippen LogP contribution < -0.4 is 0 Å². The molecule has 0 N–H and O–H groups in total. The normalized spacial score (nSPS) is 19.8. The first kappa shape index (κ1) is 18.7. The lowest BCUT2D eigenvalue weighted by molar-refractivity contribution is -0.147. The maximum absolute atomic E-state index is 13.8. The van der Waals surface area contributed by atoms with Crippen molar-refractivity contribution in [2.24, 2.45) is 0 Å². The zero-order chi connectivity index (χ0) is 19.3. The van der Waals surface area contributed by atoms with E-state index in [0.717, 1.165) is 56.3 Å². The minimum atomic E-state index is -0.366. The number of hydrogen-bond acceptors (Lipinski definition) is 2. The molecule has 146 valence electrons. The predicted octanol–water partition coefficient (Wildman–Crippen LogP) is 3.82. The van der Waals surface area contributed by atoms with E-state index in [4.69, 9.17) is 0 Å². The Bertz CT molecular complexity index is 760. The molecule has 0 saturated carbocycles. The number of hydrogen-bond donors (Lipinski definition) is 0. The summed E-state index contributed by atoms with van der Waals surface area (Å²) in [5.41, 5.74) is 1.97. The largest absolute Gasteiger partial charge is 0.341 e. The molecule has 4 nitrogen and oxygen atoms in total. The first-order valence-electron chi connectivity index (χ1n) is 10.4. The van der Waals surface area contributed by atoms with Gasteiger partial charge in [0.25, 0.3) is 0 Å². The Labute approximate surface area is 167 Å². The van der Waals surface area contributed by atoms with Crippen LogP contribution >= 0.6 is 0 Å². The second-order valence-electron chi connectivity index (χ2n) is 7.83. The third kappa shape index (κ3) is 3.82. The van der Waals surface area contributed by atoms with Gasteiger partial charge in [-0.3, -0.25) is 9.59 Å². The Morgan fingerprint density at radius 2 is 1.29 bits per heavy atom. The summed E-state index contributed by atoms with van der Waals surface area (Å²) >= 11 is 0. The van der Waals surface area contributed by atoms with Gasteiger partial charge in [0, 0.05) is 19.6 Å². The fraction of sp³-hybridized carbons (Fsp3) is 0.417. The summed E-state index contributed by atoms with van der Waals surface area (Å²) < 4.78 is 0. The van der Waals surface area contributed by atoms with Gasteiger partial charge in [0.05, 0.1) is 5.92 Å². The van der Waals surface area contributed by atoms with Crippen molar-refractivity contribution in [1.82, 2.24) is 9.80 Å². The lowest BCUT2D eigenvalue weighted by atomic mass is 9.88. The third-order valence-electron chi connectivity index (χ3n) is 6.00. The molecule has 2 saturated heterocycles. The van der Waals surface area contributed by atoms with Crippen molar-refractivity contribution in [3.63, 3.8) is 0 Å². The highest BCUT2D eigenvalue weighted by Crippen LogP contribution is 2.30. The first-order chi connectivity index (χ1) is 13.8. The smallest absolute Gasteiger partial charge is 0.245 e. The van der Waals surface area contributed by atoms with Gasteiger partial charge in [-0.25, -0.2) is 0 Å². The Hall–Kier alpha value is -2.62. The summed E-state index contributed by atoms with van der Waals surface area (Å²) in [6.45, 7) is 2.33. The molecule has 4 heteroatoms. The van der Waals surface area contributed by atoms with Crippen molar-refractivity contribution in [3.8, 4) is 0 Å². The number of amides is 2. The van der Waals surface area contributed by atoms with Crippen LogP contribution in [-0.2, 0) is 9.59 Å². The van der Waals surface area contributed by atoms with Crippen molar-refractivity contribution in [2.75, 3.05) is 19.6 Å². The number of benzene rings is 2. The number of rotatable bonds is 4. The van der Waals surface area contributed by atoms with Gasteiger partial charge in [-0.2, -0.15) is 0 Å². The summed E-state index contributed by atoms with van der Waals surface area (Å²) in [5.74, 6) is -0.172. The maximum atomic E-state index is 13.8. The maximum Gasteiger partial charge on any atom is 0.245 e. The molecule has 2 aromatic carbocycles. The average molecular weight is 377 g/mol. The number of likely N-dealkylation sites (tertiary alicyclic amines) is 2. The molecule has 1 atom stereocenters. The molecule has 2 fully saturated rings. The summed E-state index contributed by atoms with van der Waals surface area (Å²) in [7, 11) is 0. The van der Waals surface area contributed by atoms with E-state index in [1.54, 1.807) is 0 Å². The number of piperidine rings is 1. The van der Waals surface area contributed by atoms with Crippen LogP contribution in [0.2, 0.25) is 0 Å². The molecule has 2 heterocycles. The first-order valence-corrected chi connectivity index (χ1v) is 10.4. The minimum absolute atomic E-state index is 0.0506. The van der Waals surface area contributed by atoms with E-state index in [9.17, 15) is 9.59 Å². The van der Waals surface area contributed by atoms with Crippen LogP contribution in [0.25, 0.3) is 0 Å². The predicted molar refractivity (Wildman–Crippen MR) is 110 cm³/mol. The van der Waals surface area contributed by atoms with E-state index >= 15 is 0 Å². The van der Waals surface area contributed by atoms with Gasteiger partial charge in [0.15, 0.2) is 0 Å². The highest BCUT2D eigenvalue weighted by Gasteiger charge is 2.38. The molecule has 0 spiro atoms. The highest BCUT2D eigenvalue weighted by molar-refractivity contribution is 5.92. The molecular weight excluding hydrogens is 348 g/mol. The Balaban J connectivity index is 1.65. The molecule has 2 amide bonds. The Morgan fingerprint density at radius 3 is 1.86 bits per heavy atom. The molecule has 28 heavy (non-hydrogen) atoms. The van der Waals surface area contributed by atoms with Crippen LogP contribution in [0.4, 0.5) is 0 Å². The molecule has 2 aliphatic heterocycles. The fourth-order valence-electron chi connectivity index (χ4n) is 4.53. The van der Waals surface area contributed by atoms with Gasteiger partial charge in [0.2, 0.25) is 11.8 Å². The van der Waals surface area contributed by atoms with E-state index in [2.05, 4.69) is 0 Å². The number of carbonyl (C=O) groups is 2. The van der Waals surface area contributed by atoms with Gasteiger partial charge < -0.3 is 9.80 Å². The molecule has 1 unspecified atom stereocenters. The van der Waals surface area contributed by atoms with Crippen LogP contribution in [0.1, 0.15) is 49.1 Å². The van der Waals surface area contributed by atoms with Crippen molar-refractivity contribution < 1.29 is 9.59 Å². The molecule has 0 bridgehead atoms. The lowest BCUT2D eigenvalue weighted by Gasteiger charge is -2.38. The third-order valence-corrected chi connectivity index (χ3v) is 6.00. The van der Waals surface area contributed by atoms with Gasteiger partial charge in [-0.15, -0.1) is 0 Å². The monoisotopic (exact) mass is 376 g/mol. The second kappa shape index (κ2) is 8.59. The van der Waals surface area contributed by atoms with E-state index in [1.807, 2.05) is 70.5 Å². The van der Waals surface area contributed by atoms with Crippen molar-refractivity contribution in [3.05, 3.63) is 71.8 Å². The molecule has 0 aliphatic carbocycles. The Morgan fingerprint density at radius 1 is 0.750 bits per heavy atom. The quantitative estimate of drug-likeness (QED) is 0.814. The number of carbonyl (C=O) groups excluding carboxylic acids is 2. The van der Waals surface area contributed by atoms with Crippen LogP contribution in [0.3, 0.4) is 0 Å². The zero-order valence-corrected chi connectivity index (χ0v) is 16.3. The highest BCUT2D eigenvalue weighted by atomic mass is 16.2. The summed E-state index contributed by atoms with van der Waals surface area (Å²) in [4.78, 5) is 30.8. The second-order valence-corrected chi connectivity index (χ2v) is 7.83.